The SMILES string of the molecule is Cc1ccc(S(=O)(=O)C[C@@H](C)N2CCCCC2)c(S(=O)(=O)C[C@H](C)N2CCCCC2)c1. The summed E-state index contributed by atoms with van der Waals surface area (Å²) in [5.74, 6) is -0.110. The summed E-state index contributed by atoms with van der Waals surface area (Å²) in [5, 5.41) is 0. The Labute approximate surface area is 188 Å². The molecule has 0 unspecified atom stereocenters. The average molecular weight is 471 g/mol. The number of benzene rings is 1. The maximum Gasteiger partial charge on any atom is 0.181 e. The predicted molar refractivity (Wildman–Crippen MR) is 125 cm³/mol. The van der Waals surface area contributed by atoms with Crippen LogP contribution in [0.3, 0.4) is 0 Å². The van der Waals surface area contributed by atoms with Gasteiger partial charge in [0.25, 0.3) is 0 Å². The van der Waals surface area contributed by atoms with Crippen LogP contribution in [0.4, 0.5) is 0 Å². The number of aryl methyl sites for hydroxylation is 1. The second-order valence-corrected chi connectivity index (χ2v) is 13.4. The van der Waals surface area contributed by atoms with Gasteiger partial charge in [0.2, 0.25) is 0 Å². The summed E-state index contributed by atoms with van der Waals surface area (Å²) in [7, 11) is -7.47. The minimum atomic E-state index is -3.74. The van der Waals surface area contributed by atoms with E-state index in [9.17, 15) is 16.8 Å². The second kappa shape index (κ2) is 10.3. The number of nitrogens with zero attached hydrogens (tertiary/aromatic N) is 2. The Kier molecular flexibility index (Phi) is 8.21. The van der Waals surface area contributed by atoms with Crippen LogP contribution >= 0.6 is 0 Å². The lowest BCUT2D eigenvalue weighted by Crippen LogP contribution is -2.42. The number of rotatable bonds is 8. The van der Waals surface area contributed by atoms with Gasteiger partial charge in [0.1, 0.15) is 0 Å². The van der Waals surface area contributed by atoms with Gasteiger partial charge in [0, 0.05) is 12.1 Å². The van der Waals surface area contributed by atoms with Gasteiger partial charge in [-0.1, -0.05) is 18.9 Å². The third-order valence-corrected chi connectivity index (χ3v) is 10.7. The first-order chi connectivity index (χ1) is 14.6. The van der Waals surface area contributed by atoms with E-state index in [2.05, 4.69) is 9.80 Å². The van der Waals surface area contributed by atoms with Crippen LogP contribution in [0.25, 0.3) is 0 Å². The molecule has 2 heterocycles. The van der Waals surface area contributed by atoms with Gasteiger partial charge in [-0.25, -0.2) is 16.8 Å². The summed E-state index contributed by atoms with van der Waals surface area (Å²) >= 11 is 0. The summed E-state index contributed by atoms with van der Waals surface area (Å²) in [6.07, 6.45) is 6.72. The molecule has 176 valence electrons. The van der Waals surface area contributed by atoms with Crippen molar-refractivity contribution < 1.29 is 16.8 Å². The molecule has 8 heteroatoms. The van der Waals surface area contributed by atoms with E-state index in [0.717, 1.165) is 57.4 Å². The van der Waals surface area contributed by atoms with Crippen LogP contribution in [-0.2, 0) is 19.7 Å². The molecule has 2 aliphatic heterocycles. The molecular weight excluding hydrogens is 432 g/mol. The number of likely N-dealkylation sites (tertiary alicyclic amines) is 2. The molecule has 0 radical (unpaired) electrons. The number of piperidine rings is 2. The van der Waals surface area contributed by atoms with Crippen LogP contribution in [0.1, 0.15) is 57.9 Å². The Bertz CT molecular complexity index is 948. The van der Waals surface area contributed by atoms with Crippen LogP contribution < -0.4 is 0 Å². The van der Waals surface area contributed by atoms with Crippen LogP contribution in [0.15, 0.2) is 28.0 Å². The van der Waals surface area contributed by atoms with Crippen LogP contribution in [0.2, 0.25) is 0 Å². The summed E-state index contributed by atoms with van der Waals surface area (Å²) in [6.45, 7) is 9.30. The van der Waals surface area contributed by atoms with Gasteiger partial charge in [-0.15, -0.1) is 0 Å². The quantitative estimate of drug-likeness (QED) is 0.580. The van der Waals surface area contributed by atoms with Crippen LogP contribution in [0.5, 0.6) is 0 Å². The zero-order chi connectivity index (χ0) is 22.6. The van der Waals surface area contributed by atoms with E-state index in [1.54, 1.807) is 13.0 Å². The van der Waals surface area contributed by atoms with Crippen molar-refractivity contribution in [3.8, 4) is 0 Å². The zero-order valence-electron chi connectivity index (χ0n) is 19.2. The van der Waals surface area contributed by atoms with E-state index < -0.39 is 19.7 Å². The molecular formula is C23H38N2O4S2. The monoisotopic (exact) mass is 470 g/mol. The Morgan fingerprint density at radius 2 is 1.13 bits per heavy atom. The number of hydrogen-bond donors (Lipinski definition) is 0. The molecule has 0 amide bonds. The highest BCUT2D eigenvalue weighted by molar-refractivity contribution is 7.94. The van der Waals surface area contributed by atoms with Gasteiger partial charge >= 0.3 is 0 Å². The lowest BCUT2D eigenvalue weighted by molar-refractivity contribution is 0.186. The molecule has 1 aromatic carbocycles. The van der Waals surface area contributed by atoms with Crippen molar-refractivity contribution in [1.82, 2.24) is 9.80 Å². The molecule has 1 aromatic rings. The van der Waals surface area contributed by atoms with Gasteiger partial charge in [-0.2, -0.15) is 0 Å². The lowest BCUT2D eigenvalue weighted by atomic mass is 10.1. The van der Waals surface area contributed by atoms with E-state index in [4.69, 9.17) is 0 Å². The summed E-state index contributed by atoms with van der Waals surface area (Å²) in [4.78, 5) is 4.36. The van der Waals surface area contributed by atoms with Crippen molar-refractivity contribution in [3.63, 3.8) is 0 Å². The van der Waals surface area contributed by atoms with Gasteiger partial charge in [0.05, 0.1) is 21.3 Å². The fourth-order valence-corrected chi connectivity index (χ4v) is 9.05. The van der Waals surface area contributed by atoms with Gasteiger partial charge in [-0.05, 0) is 90.3 Å². The predicted octanol–water partition coefficient (Wildman–Crippen LogP) is 3.29. The molecule has 6 nitrogen and oxygen atoms in total. The maximum atomic E-state index is 13.4. The average Bonchev–Trinajstić information content (AvgIpc) is 2.74. The van der Waals surface area contributed by atoms with E-state index in [0.29, 0.717) is 0 Å². The molecule has 0 aliphatic carbocycles. The van der Waals surface area contributed by atoms with Crippen molar-refractivity contribution >= 4 is 19.7 Å². The summed E-state index contributed by atoms with van der Waals surface area (Å²) in [5.41, 5.74) is 0.757. The first kappa shape index (κ1) is 24.7. The van der Waals surface area contributed by atoms with Crippen molar-refractivity contribution in [2.75, 3.05) is 37.7 Å². The number of hydrogen-bond acceptors (Lipinski definition) is 6. The molecule has 0 N–H and O–H groups in total. The molecule has 2 saturated heterocycles. The fourth-order valence-electron chi connectivity index (χ4n) is 4.86. The normalized spacial score (nSPS) is 21.6. The lowest BCUT2D eigenvalue weighted by Gasteiger charge is -2.32. The number of sulfone groups is 2. The van der Waals surface area contributed by atoms with Crippen LogP contribution in [0, 0.1) is 6.92 Å². The highest BCUT2D eigenvalue weighted by Gasteiger charge is 2.32. The van der Waals surface area contributed by atoms with Crippen molar-refractivity contribution in [2.45, 2.75) is 81.2 Å². The van der Waals surface area contributed by atoms with Gasteiger partial charge < -0.3 is 0 Å². The van der Waals surface area contributed by atoms with E-state index in [-0.39, 0.29) is 33.4 Å². The molecule has 0 bridgehead atoms. The van der Waals surface area contributed by atoms with E-state index in [1.165, 1.54) is 25.0 Å². The topological polar surface area (TPSA) is 74.8 Å². The van der Waals surface area contributed by atoms with E-state index >= 15 is 0 Å². The van der Waals surface area contributed by atoms with Crippen LogP contribution in [-0.4, -0.2) is 76.4 Å². The first-order valence-corrected chi connectivity index (χ1v) is 14.9. The Balaban J connectivity index is 1.84. The maximum absolute atomic E-state index is 13.4. The smallest absolute Gasteiger partial charge is 0.181 e. The molecule has 0 aromatic heterocycles. The largest absolute Gasteiger partial charge is 0.300 e. The molecule has 31 heavy (non-hydrogen) atoms. The first-order valence-electron chi connectivity index (χ1n) is 11.6. The molecule has 2 aliphatic rings. The second-order valence-electron chi connectivity index (χ2n) is 9.40. The third-order valence-electron chi connectivity index (χ3n) is 6.72. The summed E-state index contributed by atoms with van der Waals surface area (Å²) < 4.78 is 53.5. The van der Waals surface area contributed by atoms with Gasteiger partial charge in [-0.3, -0.25) is 9.80 Å². The minimum absolute atomic E-state index is 0.0257. The highest BCUT2D eigenvalue weighted by Crippen LogP contribution is 2.27. The Hall–Kier alpha value is -0.960. The van der Waals surface area contributed by atoms with Crippen molar-refractivity contribution in [3.05, 3.63) is 23.8 Å². The standard InChI is InChI=1S/C23H38N2O4S2/c1-19-10-11-22(30(26,27)17-20(2)24-12-6-4-7-13-24)23(16-19)31(28,29)18-21(3)25-14-8-5-9-15-25/h10-11,16,20-21H,4-9,12-15,17-18H2,1-3H3/t20-,21+/m1/s1. The molecule has 0 spiro atoms. The molecule has 2 atom stereocenters. The fraction of sp³-hybridized carbons (Fsp3) is 0.739. The molecule has 0 saturated carbocycles. The Morgan fingerprint density at radius 3 is 1.58 bits per heavy atom. The van der Waals surface area contributed by atoms with Gasteiger partial charge in [0.15, 0.2) is 19.7 Å². The molecule has 2 fully saturated rings. The van der Waals surface area contributed by atoms with E-state index in [1.807, 2.05) is 13.8 Å². The highest BCUT2D eigenvalue weighted by atomic mass is 32.2. The molecule has 3 rings (SSSR count). The minimum Gasteiger partial charge on any atom is -0.300 e. The summed E-state index contributed by atoms with van der Waals surface area (Å²) in [6, 6.07) is 4.47. The zero-order valence-corrected chi connectivity index (χ0v) is 20.8. The van der Waals surface area contributed by atoms with Crippen molar-refractivity contribution in [1.29, 1.82) is 0 Å². The Morgan fingerprint density at radius 1 is 0.710 bits per heavy atom. The van der Waals surface area contributed by atoms with Crippen molar-refractivity contribution in [2.24, 2.45) is 0 Å². The third kappa shape index (κ3) is 6.30.